The maximum absolute atomic E-state index is 12.5. The number of nitrogens with zero attached hydrogens (tertiary/aromatic N) is 2. The summed E-state index contributed by atoms with van der Waals surface area (Å²) in [5.41, 5.74) is 1.55. The number of hydrogen-bond donors (Lipinski definition) is 3. The van der Waals surface area contributed by atoms with E-state index >= 15 is 0 Å². The van der Waals surface area contributed by atoms with Gasteiger partial charge in [0.25, 0.3) is 0 Å². The molecule has 1 heterocycles. The number of halogens is 4. The SMILES string of the molecule is CN=C(NCCC(=O)Nc1ccc(C)cc1Cl)NC1CCN(CC(F)(F)F)C1. The quantitative estimate of drug-likeness (QED) is 0.490. The molecule has 1 saturated heterocycles. The molecule has 1 atom stereocenters. The molecule has 1 aromatic carbocycles. The molecule has 1 unspecified atom stereocenters. The number of likely N-dealkylation sites (tertiary alicyclic amines) is 1. The van der Waals surface area contributed by atoms with Crippen molar-refractivity contribution >= 4 is 29.2 Å². The summed E-state index contributed by atoms with van der Waals surface area (Å²) in [5, 5.41) is 9.32. The third kappa shape index (κ3) is 7.55. The summed E-state index contributed by atoms with van der Waals surface area (Å²) in [5.74, 6) is 0.256. The second kappa shape index (κ2) is 9.97. The predicted molar refractivity (Wildman–Crippen MR) is 105 cm³/mol. The van der Waals surface area contributed by atoms with Gasteiger partial charge in [0.15, 0.2) is 5.96 Å². The molecule has 10 heteroatoms. The minimum Gasteiger partial charge on any atom is -0.356 e. The van der Waals surface area contributed by atoms with Crippen molar-refractivity contribution in [2.45, 2.75) is 32.0 Å². The van der Waals surface area contributed by atoms with Gasteiger partial charge in [-0.05, 0) is 31.0 Å². The van der Waals surface area contributed by atoms with Crippen molar-refractivity contribution in [1.29, 1.82) is 0 Å². The molecule has 1 aromatic rings. The lowest BCUT2D eigenvalue weighted by Gasteiger charge is -2.19. The van der Waals surface area contributed by atoms with E-state index in [0.29, 0.717) is 42.7 Å². The third-order valence-electron chi connectivity index (χ3n) is 4.28. The van der Waals surface area contributed by atoms with Gasteiger partial charge in [0.05, 0.1) is 17.3 Å². The van der Waals surface area contributed by atoms with Gasteiger partial charge in [-0.25, -0.2) is 0 Å². The average Bonchev–Trinajstić information content (AvgIpc) is 3.01. The van der Waals surface area contributed by atoms with Crippen LogP contribution in [0.5, 0.6) is 0 Å². The highest BCUT2D eigenvalue weighted by atomic mass is 35.5. The second-order valence-electron chi connectivity index (χ2n) is 6.76. The summed E-state index contributed by atoms with van der Waals surface area (Å²) in [6.07, 6.45) is -3.40. The molecule has 1 amide bonds. The first kappa shape index (κ1) is 22.3. The number of alkyl halides is 3. The van der Waals surface area contributed by atoms with E-state index in [4.69, 9.17) is 11.6 Å². The number of rotatable bonds is 6. The summed E-state index contributed by atoms with van der Waals surface area (Å²) in [4.78, 5) is 17.5. The zero-order chi connectivity index (χ0) is 20.7. The van der Waals surface area contributed by atoms with Gasteiger partial charge in [0.2, 0.25) is 5.91 Å². The maximum atomic E-state index is 12.5. The van der Waals surface area contributed by atoms with Crippen LogP contribution in [-0.2, 0) is 4.79 Å². The van der Waals surface area contributed by atoms with Gasteiger partial charge >= 0.3 is 6.18 Å². The number of carbonyl (C=O) groups excluding carboxylic acids is 1. The molecule has 2 rings (SSSR count). The molecule has 1 aliphatic rings. The van der Waals surface area contributed by atoms with Crippen LogP contribution < -0.4 is 16.0 Å². The molecule has 0 bridgehead atoms. The smallest absolute Gasteiger partial charge is 0.356 e. The van der Waals surface area contributed by atoms with Crippen LogP contribution in [0.4, 0.5) is 18.9 Å². The monoisotopic (exact) mass is 419 g/mol. The van der Waals surface area contributed by atoms with Gasteiger partial charge in [0.1, 0.15) is 0 Å². The van der Waals surface area contributed by atoms with Crippen molar-refractivity contribution in [2.75, 3.05) is 38.5 Å². The van der Waals surface area contributed by atoms with Crippen LogP contribution in [0.2, 0.25) is 5.02 Å². The zero-order valence-corrected chi connectivity index (χ0v) is 16.6. The van der Waals surface area contributed by atoms with Gasteiger partial charge in [0, 0.05) is 39.1 Å². The number of anilines is 1. The van der Waals surface area contributed by atoms with Crippen LogP contribution in [0, 0.1) is 6.92 Å². The first-order valence-electron chi connectivity index (χ1n) is 8.98. The molecule has 0 spiro atoms. The topological polar surface area (TPSA) is 68.8 Å². The number of aliphatic imine (C=N–C) groups is 1. The minimum absolute atomic E-state index is 0.117. The van der Waals surface area contributed by atoms with Gasteiger partial charge < -0.3 is 16.0 Å². The Labute approximate surface area is 167 Å². The van der Waals surface area contributed by atoms with E-state index in [1.807, 2.05) is 13.0 Å². The highest BCUT2D eigenvalue weighted by Crippen LogP contribution is 2.22. The number of carbonyl (C=O) groups is 1. The first-order valence-corrected chi connectivity index (χ1v) is 9.36. The molecule has 1 fully saturated rings. The molecule has 0 aliphatic carbocycles. The summed E-state index contributed by atoms with van der Waals surface area (Å²) >= 11 is 6.09. The Kier molecular flexibility index (Phi) is 7.94. The van der Waals surface area contributed by atoms with Crippen molar-refractivity contribution in [3.8, 4) is 0 Å². The molecule has 6 nitrogen and oxygen atoms in total. The molecular formula is C18H25ClF3N5O. The summed E-state index contributed by atoms with van der Waals surface area (Å²) < 4.78 is 37.4. The van der Waals surface area contributed by atoms with E-state index in [1.54, 1.807) is 19.2 Å². The first-order chi connectivity index (χ1) is 13.2. The van der Waals surface area contributed by atoms with Crippen LogP contribution in [0.25, 0.3) is 0 Å². The summed E-state index contributed by atoms with van der Waals surface area (Å²) in [7, 11) is 1.57. The van der Waals surface area contributed by atoms with Crippen LogP contribution in [-0.4, -0.2) is 62.2 Å². The van der Waals surface area contributed by atoms with Crippen LogP contribution in [0.15, 0.2) is 23.2 Å². The maximum Gasteiger partial charge on any atom is 0.401 e. The fraction of sp³-hybridized carbons (Fsp3) is 0.556. The minimum atomic E-state index is -4.19. The Morgan fingerprint density at radius 1 is 1.39 bits per heavy atom. The largest absolute Gasteiger partial charge is 0.401 e. The van der Waals surface area contributed by atoms with Crippen LogP contribution in [0.1, 0.15) is 18.4 Å². The number of nitrogens with one attached hydrogen (secondary N) is 3. The van der Waals surface area contributed by atoms with E-state index in [9.17, 15) is 18.0 Å². The second-order valence-corrected chi connectivity index (χ2v) is 7.17. The van der Waals surface area contributed by atoms with Gasteiger partial charge in [-0.1, -0.05) is 17.7 Å². The molecule has 28 heavy (non-hydrogen) atoms. The Hall–Kier alpha value is -2.00. The van der Waals surface area contributed by atoms with E-state index in [0.717, 1.165) is 5.56 Å². The lowest BCUT2D eigenvalue weighted by molar-refractivity contribution is -0.143. The Balaban J connectivity index is 1.71. The summed E-state index contributed by atoms with van der Waals surface area (Å²) in [6.45, 7) is 2.01. The highest BCUT2D eigenvalue weighted by Gasteiger charge is 2.34. The summed E-state index contributed by atoms with van der Waals surface area (Å²) in [6, 6.07) is 5.25. The van der Waals surface area contributed by atoms with Crippen molar-refractivity contribution in [2.24, 2.45) is 4.99 Å². The Bertz CT molecular complexity index is 711. The van der Waals surface area contributed by atoms with Crippen molar-refractivity contribution < 1.29 is 18.0 Å². The van der Waals surface area contributed by atoms with E-state index < -0.39 is 12.7 Å². The lowest BCUT2D eigenvalue weighted by atomic mass is 10.2. The standard InChI is InChI=1S/C18H25ClF3N5O/c1-12-3-4-15(14(19)9-12)26-16(28)5-7-24-17(23-2)25-13-6-8-27(10-13)11-18(20,21)22/h3-4,9,13H,5-8,10-11H2,1-2H3,(H,26,28)(H2,23,24,25). The molecule has 1 aliphatic heterocycles. The highest BCUT2D eigenvalue weighted by molar-refractivity contribution is 6.33. The van der Waals surface area contributed by atoms with E-state index in [1.165, 1.54) is 4.90 Å². The molecule has 0 radical (unpaired) electrons. The molecule has 156 valence electrons. The van der Waals surface area contributed by atoms with Gasteiger partial charge in [-0.2, -0.15) is 13.2 Å². The van der Waals surface area contributed by atoms with Crippen molar-refractivity contribution in [3.05, 3.63) is 28.8 Å². The Morgan fingerprint density at radius 2 is 2.14 bits per heavy atom. The van der Waals surface area contributed by atoms with Crippen LogP contribution >= 0.6 is 11.6 Å². The zero-order valence-electron chi connectivity index (χ0n) is 15.9. The lowest BCUT2D eigenvalue weighted by Crippen LogP contribution is -2.45. The molecule has 3 N–H and O–H groups in total. The van der Waals surface area contributed by atoms with Crippen LogP contribution in [0.3, 0.4) is 0 Å². The van der Waals surface area contributed by atoms with E-state index in [-0.39, 0.29) is 18.4 Å². The molecule has 0 aromatic heterocycles. The Morgan fingerprint density at radius 3 is 2.79 bits per heavy atom. The van der Waals surface area contributed by atoms with E-state index in [2.05, 4.69) is 20.9 Å². The fourth-order valence-electron chi connectivity index (χ4n) is 2.96. The van der Waals surface area contributed by atoms with Gasteiger partial charge in [-0.15, -0.1) is 0 Å². The third-order valence-corrected chi connectivity index (χ3v) is 4.60. The number of aryl methyl sites for hydroxylation is 1. The number of guanidine groups is 1. The average molecular weight is 420 g/mol. The molecule has 0 saturated carbocycles. The number of hydrogen-bond acceptors (Lipinski definition) is 3. The van der Waals surface area contributed by atoms with Crippen molar-refractivity contribution in [3.63, 3.8) is 0 Å². The molecular weight excluding hydrogens is 395 g/mol. The fourth-order valence-corrected chi connectivity index (χ4v) is 3.25. The number of amides is 1. The van der Waals surface area contributed by atoms with Crippen molar-refractivity contribution in [1.82, 2.24) is 15.5 Å². The van der Waals surface area contributed by atoms with Gasteiger partial charge in [-0.3, -0.25) is 14.7 Å². The number of benzene rings is 1. The normalized spacial score (nSPS) is 18.2. The predicted octanol–water partition coefficient (Wildman–Crippen LogP) is 2.78.